The first kappa shape index (κ1) is 13.6. The third kappa shape index (κ3) is 2.87. The largest absolute Gasteiger partial charge is 0.457 e. The maximum atomic E-state index is 12.2. The number of esters is 1. The third-order valence-electron chi connectivity index (χ3n) is 3.60. The highest BCUT2D eigenvalue weighted by Crippen LogP contribution is 2.32. The number of hydrogen-bond donors (Lipinski definition) is 0. The van der Waals surface area contributed by atoms with Crippen LogP contribution in [0.3, 0.4) is 0 Å². The molecule has 0 N–H and O–H groups in total. The molecule has 0 amide bonds. The van der Waals surface area contributed by atoms with Crippen molar-refractivity contribution < 1.29 is 9.53 Å². The summed E-state index contributed by atoms with van der Waals surface area (Å²) in [5.74, 6) is -0.243. The molecule has 1 aliphatic rings. The molecule has 4 nitrogen and oxygen atoms in total. The second-order valence-electron chi connectivity index (χ2n) is 4.94. The van der Waals surface area contributed by atoms with E-state index >= 15 is 0 Å². The van der Waals surface area contributed by atoms with Crippen molar-refractivity contribution in [2.45, 2.75) is 31.4 Å². The van der Waals surface area contributed by atoms with Crippen LogP contribution in [-0.4, -0.2) is 21.9 Å². The number of aromatic nitrogens is 2. The fraction of sp³-hybridized carbons (Fsp3) is 0.333. The van der Waals surface area contributed by atoms with Gasteiger partial charge in [-0.15, -0.1) is 0 Å². The zero-order valence-electron chi connectivity index (χ0n) is 10.9. The van der Waals surface area contributed by atoms with Gasteiger partial charge in [-0.1, -0.05) is 6.07 Å². The Morgan fingerprint density at radius 3 is 3.00 bits per heavy atom. The van der Waals surface area contributed by atoms with Crippen LogP contribution in [0, 0.1) is 3.57 Å². The SMILES string of the molecule is O=C(O[C@@H]1CCC[C@H]1n1cccn1)c1cccc(I)c1. The van der Waals surface area contributed by atoms with E-state index < -0.39 is 0 Å². The summed E-state index contributed by atoms with van der Waals surface area (Å²) in [5.41, 5.74) is 0.614. The standard InChI is InChI=1S/C15H15IN2O2/c16-12-5-1-4-11(10-12)15(19)20-14-7-2-6-13(14)18-9-3-8-17-18/h1,3-5,8-10,13-14H,2,6-7H2/t13-,14-/m1/s1. The smallest absolute Gasteiger partial charge is 0.338 e. The normalized spacial score (nSPS) is 21.9. The van der Waals surface area contributed by atoms with Crippen molar-refractivity contribution in [1.29, 1.82) is 0 Å². The predicted octanol–water partition coefficient (Wildman–Crippen LogP) is 3.44. The molecule has 1 aliphatic carbocycles. The Kier molecular flexibility index (Phi) is 4.05. The zero-order chi connectivity index (χ0) is 13.9. The van der Waals surface area contributed by atoms with Gasteiger partial charge >= 0.3 is 5.97 Å². The molecule has 0 radical (unpaired) electrons. The number of carbonyl (C=O) groups is 1. The van der Waals surface area contributed by atoms with Gasteiger partial charge in [-0.05, 0) is 66.1 Å². The number of hydrogen-bond acceptors (Lipinski definition) is 3. The molecule has 1 fully saturated rings. The zero-order valence-corrected chi connectivity index (χ0v) is 13.1. The van der Waals surface area contributed by atoms with Gasteiger partial charge in [0.1, 0.15) is 6.10 Å². The summed E-state index contributed by atoms with van der Waals surface area (Å²) in [6.45, 7) is 0. The summed E-state index contributed by atoms with van der Waals surface area (Å²) in [6.07, 6.45) is 6.58. The van der Waals surface area contributed by atoms with E-state index in [2.05, 4.69) is 27.7 Å². The van der Waals surface area contributed by atoms with Crippen molar-refractivity contribution in [1.82, 2.24) is 9.78 Å². The van der Waals surface area contributed by atoms with Crippen molar-refractivity contribution in [3.8, 4) is 0 Å². The number of ether oxygens (including phenoxy) is 1. The van der Waals surface area contributed by atoms with E-state index in [1.54, 1.807) is 12.3 Å². The van der Waals surface area contributed by atoms with E-state index in [4.69, 9.17) is 4.74 Å². The van der Waals surface area contributed by atoms with Crippen LogP contribution in [0.1, 0.15) is 35.7 Å². The Balaban J connectivity index is 1.72. The quantitative estimate of drug-likeness (QED) is 0.604. The van der Waals surface area contributed by atoms with Crippen LogP contribution in [0.15, 0.2) is 42.7 Å². The van der Waals surface area contributed by atoms with E-state index in [0.717, 1.165) is 22.8 Å². The highest BCUT2D eigenvalue weighted by molar-refractivity contribution is 14.1. The Labute approximate surface area is 131 Å². The molecular formula is C15H15IN2O2. The van der Waals surface area contributed by atoms with Crippen molar-refractivity contribution >= 4 is 28.6 Å². The average molecular weight is 382 g/mol. The molecule has 1 aromatic carbocycles. The second-order valence-corrected chi connectivity index (χ2v) is 6.18. The first-order chi connectivity index (χ1) is 9.74. The summed E-state index contributed by atoms with van der Waals surface area (Å²) >= 11 is 2.19. The lowest BCUT2D eigenvalue weighted by atomic mass is 10.2. The first-order valence-electron chi connectivity index (χ1n) is 6.70. The minimum Gasteiger partial charge on any atom is -0.457 e. The minimum absolute atomic E-state index is 0.0831. The lowest BCUT2D eigenvalue weighted by molar-refractivity contribution is 0.0209. The maximum Gasteiger partial charge on any atom is 0.338 e. The van der Waals surface area contributed by atoms with Crippen LogP contribution in [-0.2, 0) is 4.74 Å². The lowest BCUT2D eigenvalue weighted by Crippen LogP contribution is -2.25. The van der Waals surface area contributed by atoms with E-state index in [-0.39, 0.29) is 18.1 Å². The van der Waals surface area contributed by atoms with Gasteiger partial charge in [0, 0.05) is 16.0 Å². The van der Waals surface area contributed by atoms with Gasteiger partial charge in [0.05, 0.1) is 11.6 Å². The molecular weight excluding hydrogens is 367 g/mol. The number of nitrogens with zero attached hydrogens (tertiary/aromatic N) is 2. The molecule has 3 rings (SSSR count). The second kappa shape index (κ2) is 5.95. The third-order valence-corrected chi connectivity index (χ3v) is 4.27. The Bertz CT molecular complexity index is 598. The van der Waals surface area contributed by atoms with Crippen LogP contribution < -0.4 is 0 Å². The van der Waals surface area contributed by atoms with Gasteiger partial charge < -0.3 is 4.74 Å². The number of halogens is 1. The molecule has 2 atom stereocenters. The fourth-order valence-corrected chi connectivity index (χ4v) is 3.19. The van der Waals surface area contributed by atoms with Crippen molar-refractivity contribution in [2.24, 2.45) is 0 Å². The van der Waals surface area contributed by atoms with E-state index in [9.17, 15) is 4.79 Å². The first-order valence-corrected chi connectivity index (χ1v) is 7.77. The molecule has 0 bridgehead atoms. The summed E-state index contributed by atoms with van der Waals surface area (Å²) in [7, 11) is 0. The van der Waals surface area contributed by atoms with Crippen LogP contribution in [0.25, 0.3) is 0 Å². The highest BCUT2D eigenvalue weighted by atomic mass is 127. The summed E-state index contributed by atoms with van der Waals surface area (Å²) in [5, 5.41) is 4.27. The Morgan fingerprint density at radius 2 is 2.25 bits per heavy atom. The number of carbonyl (C=O) groups excluding carboxylic acids is 1. The Hall–Kier alpha value is -1.37. The average Bonchev–Trinajstić information content (AvgIpc) is 3.08. The van der Waals surface area contributed by atoms with E-state index in [1.165, 1.54) is 0 Å². The van der Waals surface area contributed by atoms with Gasteiger partial charge in [-0.3, -0.25) is 4.68 Å². The number of rotatable bonds is 3. The molecule has 1 aromatic heterocycles. The van der Waals surface area contributed by atoms with Crippen molar-refractivity contribution in [2.75, 3.05) is 0 Å². The maximum absolute atomic E-state index is 12.2. The van der Waals surface area contributed by atoms with Crippen LogP contribution in [0.5, 0.6) is 0 Å². The van der Waals surface area contributed by atoms with E-state index in [1.807, 2.05) is 35.1 Å². The molecule has 5 heteroatoms. The minimum atomic E-state index is -0.243. The molecule has 0 aliphatic heterocycles. The van der Waals surface area contributed by atoms with Crippen LogP contribution in [0.2, 0.25) is 0 Å². The van der Waals surface area contributed by atoms with Gasteiger partial charge in [0.25, 0.3) is 0 Å². The molecule has 1 saturated carbocycles. The Morgan fingerprint density at radius 1 is 1.35 bits per heavy atom. The molecule has 1 heterocycles. The summed E-state index contributed by atoms with van der Waals surface area (Å²) in [6, 6.07) is 9.54. The molecule has 0 unspecified atom stereocenters. The molecule has 104 valence electrons. The fourth-order valence-electron chi connectivity index (χ4n) is 2.64. The monoisotopic (exact) mass is 382 g/mol. The van der Waals surface area contributed by atoms with Gasteiger partial charge in [0.2, 0.25) is 0 Å². The number of benzene rings is 1. The van der Waals surface area contributed by atoms with Gasteiger partial charge in [0.15, 0.2) is 0 Å². The molecule has 0 spiro atoms. The van der Waals surface area contributed by atoms with Gasteiger partial charge in [-0.2, -0.15) is 5.10 Å². The predicted molar refractivity (Wildman–Crippen MR) is 83.5 cm³/mol. The topological polar surface area (TPSA) is 44.1 Å². The summed E-state index contributed by atoms with van der Waals surface area (Å²) in [4.78, 5) is 12.2. The molecule has 2 aromatic rings. The van der Waals surface area contributed by atoms with Crippen LogP contribution in [0.4, 0.5) is 0 Å². The van der Waals surface area contributed by atoms with Crippen molar-refractivity contribution in [3.05, 3.63) is 51.9 Å². The van der Waals surface area contributed by atoms with E-state index in [0.29, 0.717) is 5.56 Å². The van der Waals surface area contributed by atoms with Crippen molar-refractivity contribution in [3.63, 3.8) is 0 Å². The highest BCUT2D eigenvalue weighted by Gasteiger charge is 2.32. The van der Waals surface area contributed by atoms with Crippen LogP contribution >= 0.6 is 22.6 Å². The molecule has 0 saturated heterocycles. The van der Waals surface area contributed by atoms with Gasteiger partial charge in [-0.25, -0.2) is 4.79 Å². The lowest BCUT2D eigenvalue weighted by Gasteiger charge is -2.20. The summed E-state index contributed by atoms with van der Waals surface area (Å²) < 4.78 is 8.62. The molecule has 20 heavy (non-hydrogen) atoms.